The monoisotopic (exact) mass is 367 g/mol. The van der Waals surface area contributed by atoms with Crippen LogP contribution in [-0.2, 0) is 6.18 Å². The molecule has 0 fully saturated rings. The van der Waals surface area contributed by atoms with E-state index in [1.807, 2.05) is 12.2 Å². The fourth-order valence-corrected chi connectivity index (χ4v) is 4.17. The van der Waals surface area contributed by atoms with Crippen LogP contribution in [0.25, 0.3) is 0 Å². The van der Waals surface area contributed by atoms with Gasteiger partial charge in [-0.05, 0) is 47.7 Å². The molecule has 2 aromatic rings. The first-order valence-electron chi connectivity index (χ1n) is 7.94. The number of benzene rings is 2. The Morgan fingerprint density at radius 3 is 2.64 bits per heavy atom. The Labute approximate surface area is 147 Å². The van der Waals surface area contributed by atoms with Gasteiger partial charge in [-0.3, -0.25) is 0 Å². The zero-order valence-electron chi connectivity index (χ0n) is 12.9. The molecule has 1 aliphatic carbocycles. The summed E-state index contributed by atoms with van der Waals surface area (Å²) >= 11 is 6.21. The van der Waals surface area contributed by atoms with Crippen molar-refractivity contribution in [3.8, 4) is 0 Å². The van der Waals surface area contributed by atoms with E-state index in [0.29, 0.717) is 17.7 Å². The van der Waals surface area contributed by atoms with Crippen LogP contribution < -0.4 is 5.32 Å². The molecule has 0 bridgehead atoms. The molecule has 3 atom stereocenters. The predicted octanol–water partition coefficient (Wildman–Crippen LogP) is 6.32. The number of rotatable bonds is 1. The van der Waals surface area contributed by atoms with Gasteiger partial charge in [0.25, 0.3) is 0 Å². The summed E-state index contributed by atoms with van der Waals surface area (Å²) in [4.78, 5) is 0. The van der Waals surface area contributed by atoms with Crippen molar-refractivity contribution in [2.24, 2.45) is 5.92 Å². The van der Waals surface area contributed by atoms with E-state index < -0.39 is 17.7 Å². The van der Waals surface area contributed by atoms with Crippen LogP contribution in [0.3, 0.4) is 0 Å². The summed E-state index contributed by atoms with van der Waals surface area (Å²) in [6.07, 6.45) is -0.132. The number of allylic oxidation sites excluding steroid dienone is 2. The molecule has 4 rings (SSSR count). The van der Waals surface area contributed by atoms with E-state index in [4.69, 9.17) is 11.6 Å². The number of halogens is 5. The van der Waals surface area contributed by atoms with Gasteiger partial charge in [-0.25, -0.2) is 4.39 Å². The van der Waals surface area contributed by atoms with Crippen LogP contribution in [0.1, 0.15) is 35.1 Å². The molecule has 1 nitrogen and oxygen atoms in total. The van der Waals surface area contributed by atoms with Crippen LogP contribution >= 0.6 is 11.6 Å². The number of hydrogen-bond acceptors (Lipinski definition) is 1. The van der Waals surface area contributed by atoms with E-state index in [2.05, 4.69) is 5.32 Å². The standard InChI is InChI=1S/C19H14ClF4N/c20-15-8-7-14(19(22,23)24)16-12-5-2-6-13(12)17(25-18(15)16)10-3-1-4-11(21)9-10/h1-5,7-9,12-13,17,25H,6H2/t12-,13-,17+/m1/s1. The van der Waals surface area contributed by atoms with E-state index in [1.54, 1.807) is 12.1 Å². The largest absolute Gasteiger partial charge is 0.416 e. The first-order chi connectivity index (χ1) is 11.9. The average molecular weight is 368 g/mol. The third kappa shape index (κ3) is 2.71. The smallest absolute Gasteiger partial charge is 0.376 e. The Morgan fingerprint density at radius 1 is 1.12 bits per heavy atom. The summed E-state index contributed by atoms with van der Waals surface area (Å²) in [5.41, 5.74) is 0.515. The molecule has 130 valence electrons. The molecule has 0 radical (unpaired) electrons. The van der Waals surface area contributed by atoms with Gasteiger partial charge in [-0.2, -0.15) is 13.2 Å². The molecule has 0 saturated carbocycles. The lowest BCUT2D eigenvalue weighted by Crippen LogP contribution is -2.31. The maximum absolute atomic E-state index is 13.6. The highest BCUT2D eigenvalue weighted by atomic mass is 35.5. The second-order valence-corrected chi connectivity index (χ2v) is 6.82. The van der Waals surface area contributed by atoms with Crippen LogP contribution in [0.2, 0.25) is 5.02 Å². The minimum atomic E-state index is -4.46. The molecule has 0 unspecified atom stereocenters. The van der Waals surface area contributed by atoms with Crippen molar-refractivity contribution in [3.63, 3.8) is 0 Å². The van der Waals surface area contributed by atoms with E-state index in [9.17, 15) is 17.6 Å². The topological polar surface area (TPSA) is 12.0 Å². The molecule has 1 heterocycles. The van der Waals surface area contributed by atoms with Gasteiger partial charge in [0.15, 0.2) is 0 Å². The highest BCUT2D eigenvalue weighted by Crippen LogP contribution is 2.54. The fraction of sp³-hybridized carbons (Fsp3) is 0.263. The van der Waals surface area contributed by atoms with Crippen LogP contribution in [0.4, 0.5) is 23.2 Å². The van der Waals surface area contributed by atoms with Crippen molar-refractivity contribution in [1.29, 1.82) is 0 Å². The molecule has 2 aromatic carbocycles. The van der Waals surface area contributed by atoms with Crippen LogP contribution in [-0.4, -0.2) is 0 Å². The number of nitrogens with one attached hydrogen (secondary N) is 1. The lowest BCUT2D eigenvalue weighted by atomic mass is 9.75. The normalized spacial score (nSPS) is 24.6. The summed E-state index contributed by atoms with van der Waals surface area (Å²) < 4.78 is 54.1. The van der Waals surface area contributed by atoms with Crippen molar-refractivity contribution in [2.75, 3.05) is 5.32 Å². The fourth-order valence-electron chi connectivity index (χ4n) is 3.95. The van der Waals surface area contributed by atoms with Crippen molar-refractivity contribution in [3.05, 3.63) is 76.1 Å². The predicted molar refractivity (Wildman–Crippen MR) is 89.2 cm³/mol. The molecule has 0 saturated heterocycles. The molecule has 6 heteroatoms. The van der Waals surface area contributed by atoms with E-state index in [-0.39, 0.29) is 28.4 Å². The summed E-state index contributed by atoms with van der Waals surface area (Å²) in [5.74, 6) is -0.892. The van der Waals surface area contributed by atoms with Crippen molar-refractivity contribution >= 4 is 17.3 Å². The quantitative estimate of drug-likeness (QED) is 0.459. The van der Waals surface area contributed by atoms with Gasteiger partial charge in [0.2, 0.25) is 0 Å². The molecule has 1 aliphatic heterocycles. The maximum Gasteiger partial charge on any atom is 0.416 e. The Balaban J connectivity index is 1.88. The summed E-state index contributed by atoms with van der Waals surface area (Å²) in [6.45, 7) is 0. The van der Waals surface area contributed by atoms with E-state index in [1.165, 1.54) is 18.2 Å². The molecule has 0 spiro atoms. The van der Waals surface area contributed by atoms with Gasteiger partial charge >= 0.3 is 6.18 Å². The van der Waals surface area contributed by atoms with Crippen molar-refractivity contribution in [2.45, 2.75) is 24.6 Å². The third-order valence-corrected chi connectivity index (χ3v) is 5.30. The molecule has 25 heavy (non-hydrogen) atoms. The number of hydrogen-bond donors (Lipinski definition) is 1. The lowest BCUT2D eigenvalue weighted by Gasteiger charge is -2.39. The maximum atomic E-state index is 13.6. The second kappa shape index (κ2) is 5.77. The summed E-state index contributed by atoms with van der Waals surface area (Å²) in [6, 6.07) is 8.14. The average Bonchev–Trinajstić information content (AvgIpc) is 3.03. The lowest BCUT2D eigenvalue weighted by molar-refractivity contribution is -0.138. The van der Waals surface area contributed by atoms with Crippen molar-refractivity contribution < 1.29 is 17.6 Å². The highest BCUT2D eigenvalue weighted by molar-refractivity contribution is 6.33. The SMILES string of the molecule is Fc1cccc([C@@H]2Nc3c(Cl)ccc(C(F)(F)F)c3[C@@H]3C=CC[C@H]32)c1. The first kappa shape index (κ1) is 16.5. The Morgan fingerprint density at radius 2 is 1.92 bits per heavy atom. The van der Waals surface area contributed by atoms with Gasteiger partial charge in [-0.1, -0.05) is 35.9 Å². The summed E-state index contributed by atoms with van der Waals surface area (Å²) in [5, 5.41) is 3.39. The van der Waals surface area contributed by atoms with Gasteiger partial charge in [0, 0.05) is 5.92 Å². The number of alkyl halides is 3. The highest BCUT2D eigenvalue weighted by Gasteiger charge is 2.44. The Hall–Kier alpha value is -2.01. The zero-order chi connectivity index (χ0) is 17.8. The van der Waals surface area contributed by atoms with E-state index in [0.717, 1.165) is 6.07 Å². The second-order valence-electron chi connectivity index (χ2n) is 6.41. The minimum Gasteiger partial charge on any atom is -0.376 e. The molecular formula is C19H14ClF4N. The van der Waals surface area contributed by atoms with Crippen LogP contribution in [0.5, 0.6) is 0 Å². The zero-order valence-corrected chi connectivity index (χ0v) is 13.7. The number of fused-ring (bicyclic) bond motifs is 3. The van der Waals surface area contributed by atoms with Gasteiger partial charge in [0.1, 0.15) is 5.82 Å². The molecule has 2 aliphatic rings. The minimum absolute atomic E-state index is 0.117. The van der Waals surface area contributed by atoms with Gasteiger partial charge in [0.05, 0.1) is 22.3 Å². The third-order valence-electron chi connectivity index (χ3n) is 4.98. The van der Waals surface area contributed by atoms with E-state index >= 15 is 0 Å². The molecular weight excluding hydrogens is 354 g/mol. The molecule has 1 N–H and O–H groups in total. The summed E-state index contributed by atoms with van der Waals surface area (Å²) in [7, 11) is 0. The van der Waals surface area contributed by atoms with Gasteiger partial charge in [-0.15, -0.1) is 0 Å². The van der Waals surface area contributed by atoms with Crippen LogP contribution in [0.15, 0.2) is 48.6 Å². The van der Waals surface area contributed by atoms with Crippen LogP contribution in [0, 0.1) is 11.7 Å². The van der Waals surface area contributed by atoms with Gasteiger partial charge < -0.3 is 5.32 Å². The van der Waals surface area contributed by atoms with Crippen molar-refractivity contribution in [1.82, 2.24) is 0 Å². The Bertz CT molecular complexity index is 859. The molecule has 0 amide bonds. The number of anilines is 1. The molecule has 0 aromatic heterocycles. The first-order valence-corrected chi connectivity index (χ1v) is 8.32. The Kier molecular flexibility index (Phi) is 3.80.